The van der Waals surface area contributed by atoms with Gasteiger partial charge in [0.05, 0.1) is 14.2 Å². The third-order valence-corrected chi connectivity index (χ3v) is 4.50. The van der Waals surface area contributed by atoms with E-state index in [9.17, 15) is 0 Å². The van der Waals surface area contributed by atoms with Crippen LogP contribution in [0.1, 0.15) is 38.2 Å². The Kier molecular flexibility index (Phi) is 5.88. The van der Waals surface area contributed by atoms with Crippen molar-refractivity contribution in [3.63, 3.8) is 0 Å². The van der Waals surface area contributed by atoms with Crippen LogP contribution < -0.4 is 15.2 Å². The highest BCUT2D eigenvalue weighted by Gasteiger charge is 2.23. The van der Waals surface area contributed by atoms with Gasteiger partial charge in [-0.25, -0.2) is 0 Å². The van der Waals surface area contributed by atoms with Crippen LogP contribution in [0.3, 0.4) is 0 Å². The molecule has 2 rings (SSSR count). The number of hydrogen-bond donors (Lipinski definition) is 1. The lowest BCUT2D eigenvalue weighted by Crippen LogP contribution is -2.40. The quantitative estimate of drug-likeness (QED) is 0.876. The lowest BCUT2D eigenvalue weighted by molar-refractivity contribution is 0.149. The Hall–Kier alpha value is -1.26. The molecule has 0 unspecified atom stereocenters. The van der Waals surface area contributed by atoms with E-state index in [0.717, 1.165) is 37.4 Å². The molecule has 0 saturated heterocycles. The van der Waals surface area contributed by atoms with Crippen LogP contribution in [-0.4, -0.2) is 37.7 Å². The highest BCUT2D eigenvalue weighted by atomic mass is 16.5. The number of benzene rings is 1. The fourth-order valence-corrected chi connectivity index (χ4v) is 3.18. The first-order valence-corrected chi connectivity index (χ1v) is 7.88. The van der Waals surface area contributed by atoms with Gasteiger partial charge >= 0.3 is 0 Å². The number of nitrogens with zero attached hydrogens (tertiary/aromatic N) is 1. The van der Waals surface area contributed by atoms with Crippen molar-refractivity contribution >= 4 is 0 Å². The van der Waals surface area contributed by atoms with E-state index in [-0.39, 0.29) is 0 Å². The average molecular weight is 292 g/mol. The van der Waals surface area contributed by atoms with Crippen molar-refractivity contribution in [1.29, 1.82) is 0 Å². The van der Waals surface area contributed by atoms with Crippen LogP contribution in [-0.2, 0) is 6.54 Å². The predicted molar refractivity (Wildman–Crippen MR) is 85.9 cm³/mol. The first-order valence-electron chi connectivity index (χ1n) is 7.88. The molecule has 118 valence electrons. The Balaban J connectivity index is 2.04. The summed E-state index contributed by atoms with van der Waals surface area (Å²) in [5.41, 5.74) is 7.28. The van der Waals surface area contributed by atoms with Crippen LogP contribution in [0.15, 0.2) is 18.2 Å². The maximum Gasteiger partial charge on any atom is 0.161 e. The van der Waals surface area contributed by atoms with Gasteiger partial charge in [-0.05, 0) is 49.9 Å². The molecule has 0 aromatic heterocycles. The highest BCUT2D eigenvalue weighted by molar-refractivity contribution is 5.42. The van der Waals surface area contributed by atoms with E-state index in [0.29, 0.717) is 12.1 Å². The lowest BCUT2D eigenvalue weighted by atomic mass is 9.90. The molecule has 1 saturated carbocycles. The monoisotopic (exact) mass is 292 g/mol. The maximum atomic E-state index is 6.01. The van der Waals surface area contributed by atoms with Gasteiger partial charge in [-0.3, -0.25) is 4.90 Å². The number of nitrogens with two attached hydrogens (primary N) is 1. The molecule has 21 heavy (non-hydrogen) atoms. The van der Waals surface area contributed by atoms with Crippen molar-refractivity contribution < 1.29 is 9.47 Å². The van der Waals surface area contributed by atoms with Crippen molar-refractivity contribution in [3.05, 3.63) is 23.8 Å². The Bertz CT molecular complexity index is 442. The standard InChI is InChI=1S/C17H28N2O2/c1-4-19(15-8-6-14(18)7-9-15)12-13-5-10-16(20-2)17(11-13)21-3/h5,10-11,14-15H,4,6-9,12,18H2,1-3H3. The number of methoxy groups -OCH3 is 2. The van der Waals surface area contributed by atoms with Crippen LogP contribution in [0.2, 0.25) is 0 Å². The summed E-state index contributed by atoms with van der Waals surface area (Å²) in [6.45, 7) is 4.25. The maximum absolute atomic E-state index is 6.01. The minimum atomic E-state index is 0.404. The molecular formula is C17H28N2O2. The van der Waals surface area contributed by atoms with Gasteiger partial charge in [-0.1, -0.05) is 13.0 Å². The van der Waals surface area contributed by atoms with Gasteiger partial charge in [-0.2, -0.15) is 0 Å². The second-order valence-electron chi connectivity index (χ2n) is 5.82. The molecule has 0 aliphatic heterocycles. The van der Waals surface area contributed by atoms with E-state index in [1.807, 2.05) is 6.07 Å². The predicted octanol–water partition coefficient (Wildman–Crippen LogP) is 2.80. The largest absolute Gasteiger partial charge is 0.493 e. The summed E-state index contributed by atoms with van der Waals surface area (Å²) in [6.07, 6.45) is 4.71. The fraction of sp³-hybridized carbons (Fsp3) is 0.647. The Morgan fingerprint density at radius 3 is 2.33 bits per heavy atom. The number of hydrogen-bond acceptors (Lipinski definition) is 4. The molecule has 0 bridgehead atoms. The third kappa shape index (κ3) is 4.11. The van der Waals surface area contributed by atoms with E-state index < -0.39 is 0 Å². The fourth-order valence-electron chi connectivity index (χ4n) is 3.18. The van der Waals surface area contributed by atoms with Crippen LogP contribution in [0.5, 0.6) is 11.5 Å². The molecule has 1 fully saturated rings. The minimum Gasteiger partial charge on any atom is -0.493 e. The third-order valence-electron chi connectivity index (χ3n) is 4.50. The van der Waals surface area contributed by atoms with E-state index in [2.05, 4.69) is 24.0 Å². The van der Waals surface area contributed by atoms with E-state index in [4.69, 9.17) is 15.2 Å². The van der Waals surface area contributed by atoms with Crippen molar-refractivity contribution in [1.82, 2.24) is 4.90 Å². The van der Waals surface area contributed by atoms with Crippen molar-refractivity contribution in [2.75, 3.05) is 20.8 Å². The Morgan fingerprint density at radius 1 is 1.10 bits per heavy atom. The van der Waals surface area contributed by atoms with Crippen molar-refractivity contribution in [2.45, 2.75) is 51.2 Å². The zero-order chi connectivity index (χ0) is 15.2. The van der Waals surface area contributed by atoms with Gasteiger partial charge in [0.25, 0.3) is 0 Å². The number of rotatable bonds is 6. The van der Waals surface area contributed by atoms with Gasteiger partial charge in [0.15, 0.2) is 11.5 Å². The highest BCUT2D eigenvalue weighted by Crippen LogP contribution is 2.29. The van der Waals surface area contributed by atoms with Crippen LogP contribution >= 0.6 is 0 Å². The molecule has 0 radical (unpaired) electrons. The summed E-state index contributed by atoms with van der Waals surface area (Å²) in [5.74, 6) is 1.59. The molecular weight excluding hydrogens is 264 g/mol. The van der Waals surface area contributed by atoms with Gasteiger partial charge in [0.1, 0.15) is 0 Å². The first-order chi connectivity index (χ1) is 10.2. The molecule has 0 spiro atoms. The second-order valence-corrected chi connectivity index (χ2v) is 5.82. The summed E-state index contributed by atoms with van der Waals surface area (Å²) in [4.78, 5) is 2.55. The SMILES string of the molecule is CCN(Cc1ccc(OC)c(OC)c1)C1CCC(N)CC1. The molecule has 2 N–H and O–H groups in total. The minimum absolute atomic E-state index is 0.404. The molecule has 4 heteroatoms. The molecule has 0 atom stereocenters. The zero-order valence-corrected chi connectivity index (χ0v) is 13.5. The zero-order valence-electron chi connectivity index (χ0n) is 13.5. The normalized spacial score (nSPS) is 22.3. The second kappa shape index (κ2) is 7.66. The lowest BCUT2D eigenvalue weighted by Gasteiger charge is -2.35. The van der Waals surface area contributed by atoms with Crippen LogP contribution in [0.25, 0.3) is 0 Å². The van der Waals surface area contributed by atoms with Crippen molar-refractivity contribution in [3.8, 4) is 11.5 Å². The summed E-state index contributed by atoms with van der Waals surface area (Å²) in [6, 6.07) is 7.25. The van der Waals surface area contributed by atoms with Gasteiger partial charge in [-0.15, -0.1) is 0 Å². The van der Waals surface area contributed by atoms with E-state index in [1.54, 1.807) is 14.2 Å². The molecule has 1 aromatic rings. The molecule has 1 aliphatic rings. The van der Waals surface area contributed by atoms with Crippen LogP contribution in [0, 0.1) is 0 Å². The number of ether oxygens (including phenoxy) is 2. The van der Waals surface area contributed by atoms with Gasteiger partial charge < -0.3 is 15.2 Å². The van der Waals surface area contributed by atoms with Gasteiger partial charge in [0.2, 0.25) is 0 Å². The van der Waals surface area contributed by atoms with Crippen molar-refractivity contribution in [2.24, 2.45) is 5.73 Å². The summed E-state index contributed by atoms with van der Waals surface area (Å²) >= 11 is 0. The molecule has 0 heterocycles. The van der Waals surface area contributed by atoms with Crippen LogP contribution in [0.4, 0.5) is 0 Å². The topological polar surface area (TPSA) is 47.7 Å². The average Bonchev–Trinajstić information content (AvgIpc) is 2.53. The van der Waals surface area contributed by atoms with E-state index in [1.165, 1.54) is 18.4 Å². The van der Waals surface area contributed by atoms with E-state index >= 15 is 0 Å². The summed E-state index contributed by atoms with van der Waals surface area (Å²) in [5, 5.41) is 0. The molecule has 4 nitrogen and oxygen atoms in total. The molecule has 1 aliphatic carbocycles. The Labute approximate surface area is 128 Å². The smallest absolute Gasteiger partial charge is 0.161 e. The molecule has 1 aromatic carbocycles. The molecule has 0 amide bonds. The van der Waals surface area contributed by atoms with Gasteiger partial charge in [0, 0.05) is 18.6 Å². The summed E-state index contributed by atoms with van der Waals surface area (Å²) < 4.78 is 10.7. The summed E-state index contributed by atoms with van der Waals surface area (Å²) in [7, 11) is 3.35. The Morgan fingerprint density at radius 2 is 1.76 bits per heavy atom. The first kappa shape index (κ1) is 16.1.